The summed E-state index contributed by atoms with van der Waals surface area (Å²) in [4.78, 5) is 35.6. The number of hydrogen-bond donors (Lipinski definition) is 3. The fourth-order valence-corrected chi connectivity index (χ4v) is 2.47. The van der Waals surface area contributed by atoms with Crippen molar-refractivity contribution in [2.45, 2.75) is 39.8 Å². The first-order chi connectivity index (χ1) is 14.6. The maximum absolute atomic E-state index is 12.1. The lowest BCUT2D eigenvalue weighted by Crippen LogP contribution is -2.39. The Hall–Kier alpha value is -3.55. The van der Waals surface area contributed by atoms with E-state index >= 15 is 0 Å². The van der Waals surface area contributed by atoms with E-state index in [9.17, 15) is 14.4 Å². The highest BCUT2D eigenvalue weighted by Crippen LogP contribution is 2.13. The van der Waals surface area contributed by atoms with Crippen LogP contribution in [0.4, 0.5) is 10.5 Å². The average Bonchev–Trinajstić information content (AvgIpc) is 2.69. The lowest BCUT2D eigenvalue weighted by atomic mass is 10.2. The van der Waals surface area contributed by atoms with Gasteiger partial charge in [-0.25, -0.2) is 4.79 Å². The van der Waals surface area contributed by atoms with Crippen LogP contribution >= 0.6 is 0 Å². The zero-order chi connectivity index (χ0) is 22.9. The van der Waals surface area contributed by atoms with Gasteiger partial charge in [-0.05, 0) is 57.5 Å². The van der Waals surface area contributed by atoms with Crippen molar-refractivity contribution in [1.29, 1.82) is 0 Å². The first-order valence-corrected chi connectivity index (χ1v) is 9.92. The van der Waals surface area contributed by atoms with Crippen LogP contribution in [0.2, 0.25) is 0 Å². The second-order valence-corrected chi connectivity index (χ2v) is 7.98. The zero-order valence-electron chi connectivity index (χ0n) is 18.3. The summed E-state index contributed by atoms with van der Waals surface area (Å²) in [5.74, 6) is -0.0210. The molecule has 3 amide bonds. The molecule has 0 atom stereocenters. The van der Waals surface area contributed by atoms with E-state index in [0.29, 0.717) is 11.4 Å². The van der Waals surface area contributed by atoms with Crippen molar-refractivity contribution >= 4 is 23.6 Å². The van der Waals surface area contributed by atoms with Gasteiger partial charge in [0.2, 0.25) is 5.91 Å². The highest BCUT2D eigenvalue weighted by Gasteiger charge is 2.16. The van der Waals surface area contributed by atoms with E-state index in [1.165, 1.54) is 0 Å². The molecule has 2 aromatic carbocycles. The maximum atomic E-state index is 12.1. The maximum Gasteiger partial charge on any atom is 0.408 e. The van der Waals surface area contributed by atoms with Crippen molar-refractivity contribution in [3.63, 3.8) is 0 Å². The van der Waals surface area contributed by atoms with Crippen LogP contribution in [0, 0.1) is 6.92 Å². The van der Waals surface area contributed by atoms with Gasteiger partial charge in [0.15, 0.2) is 6.61 Å². The summed E-state index contributed by atoms with van der Waals surface area (Å²) in [6, 6.07) is 14.5. The summed E-state index contributed by atoms with van der Waals surface area (Å²) in [5, 5.41) is 7.86. The van der Waals surface area contributed by atoms with Crippen LogP contribution in [-0.2, 0) is 20.9 Å². The number of rotatable bonds is 8. The van der Waals surface area contributed by atoms with E-state index in [-0.39, 0.29) is 31.5 Å². The Bertz CT molecular complexity index is 904. The zero-order valence-corrected chi connectivity index (χ0v) is 18.3. The molecule has 0 saturated carbocycles. The second kappa shape index (κ2) is 11.0. The van der Waals surface area contributed by atoms with Gasteiger partial charge >= 0.3 is 6.09 Å². The van der Waals surface area contributed by atoms with Crippen molar-refractivity contribution in [3.05, 3.63) is 59.7 Å². The molecule has 0 spiro atoms. The molecule has 0 aromatic heterocycles. The van der Waals surface area contributed by atoms with Crippen LogP contribution < -0.4 is 20.7 Å². The summed E-state index contributed by atoms with van der Waals surface area (Å²) in [5.41, 5.74) is 1.87. The Labute approximate surface area is 182 Å². The van der Waals surface area contributed by atoms with Crippen LogP contribution in [0.5, 0.6) is 5.75 Å². The van der Waals surface area contributed by atoms with Gasteiger partial charge < -0.3 is 25.4 Å². The smallest absolute Gasteiger partial charge is 0.408 e. The number of benzene rings is 2. The van der Waals surface area contributed by atoms with E-state index in [0.717, 1.165) is 11.1 Å². The van der Waals surface area contributed by atoms with Crippen LogP contribution in [0.25, 0.3) is 0 Å². The molecule has 166 valence electrons. The average molecular weight is 428 g/mol. The molecule has 8 heteroatoms. The van der Waals surface area contributed by atoms with E-state index in [2.05, 4.69) is 16.0 Å². The van der Waals surface area contributed by atoms with Gasteiger partial charge in [0.1, 0.15) is 17.9 Å². The summed E-state index contributed by atoms with van der Waals surface area (Å²) in [6.45, 7) is 7.15. The van der Waals surface area contributed by atoms with Gasteiger partial charge in [0.25, 0.3) is 5.91 Å². The first-order valence-electron chi connectivity index (χ1n) is 9.92. The molecule has 0 aliphatic heterocycles. The topological polar surface area (TPSA) is 106 Å². The third-order valence-electron chi connectivity index (χ3n) is 3.88. The number of anilines is 1. The van der Waals surface area contributed by atoms with E-state index in [1.54, 1.807) is 39.0 Å². The molecule has 0 fully saturated rings. The second-order valence-electron chi connectivity index (χ2n) is 7.98. The summed E-state index contributed by atoms with van der Waals surface area (Å²) in [7, 11) is 0. The quantitative estimate of drug-likeness (QED) is 0.600. The minimum absolute atomic E-state index is 0.111. The summed E-state index contributed by atoms with van der Waals surface area (Å²) in [6.07, 6.45) is -0.653. The SMILES string of the molecule is Cc1ccc(OCC(=O)Nc2cccc(CNC(=O)CNC(=O)OC(C)(C)C)c2)cc1. The number of hydrogen-bond acceptors (Lipinski definition) is 5. The number of amides is 3. The van der Waals surface area contributed by atoms with Crippen molar-refractivity contribution < 1.29 is 23.9 Å². The van der Waals surface area contributed by atoms with Gasteiger partial charge in [0.05, 0.1) is 0 Å². The molecule has 31 heavy (non-hydrogen) atoms. The van der Waals surface area contributed by atoms with E-state index in [4.69, 9.17) is 9.47 Å². The number of carbonyl (C=O) groups is 3. The number of alkyl carbamates (subject to hydrolysis) is 1. The molecule has 3 N–H and O–H groups in total. The van der Waals surface area contributed by atoms with Gasteiger partial charge in [0, 0.05) is 12.2 Å². The molecular weight excluding hydrogens is 398 g/mol. The minimum Gasteiger partial charge on any atom is -0.484 e. The van der Waals surface area contributed by atoms with Crippen molar-refractivity contribution in [3.8, 4) is 5.75 Å². The third-order valence-corrected chi connectivity index (χ3v) is 3.88. The van der Waals surface area contributed by atoms with Gasteiger partial charge in [-0.2, -0.15) is 0 Å². The Morgan fingerprint density at radius 2 is 1.65 bits per heavy atom. The van der Waals surface area contributed by atoms with Crippen LogP contribution in [-0.4, -0.2) is 36.7 Å². The molecule has 0 bridgehead atoms. The number of ether oxygens (including phenoxy) is 2. The number of carbonyl (C=O) groups excluding carboxylic acids is 3. The fourth-order valence-electron chi connectivity index (χ4n) is 2.47. The van der Waals surface area contributed by atoms with Gasteiger partial charge in [-0.3, -0.25) is 9.59 Å². The summed E-state index contributed by atoms with van der Waals surface area (Å²) >= 11 is 0. The summed E-state index contributed by atoms with van der Waals surface area (Å²) < 4.78 is 10.5. The highest BCUT2D eigenvalue weighted by molar-refractivity contribution is 5.92. The third kappa shape index (κ3) is 9.66. The normalized spacial score (nSPS) is 10.7. The lowest BCUT2D eigenvalue weighted by Gasteiger charge is -2.19. The molecule has 0 unspecified atom stereocenters. The standard InChI is InChI=1S/C23H29N3O5/c1-16-8-10-19(11-9-16)30-15-21(28)26-18-7-5-6-17(12-18)13-24-20(27)14-25-22(29)31-23(2,3)4/h5-12H,13-15H2,1-4H3,(H,24,27)(H,25,29)(H,26,28). The van der Waals surface area contributed by atoms with Crippen LogP contribution in [0.3, 0.4) is 0 Å². The molecule has 0 radical (unpaired) electrons. The van der Waals surface area contributed by atoms with E-state index in [1.807, 2.05) is 37.3 Å². The Morgan fingerprint density at radius 1 is 0.935 bits per heavy atom. The Morgan fingerprint density at radius 3 is 2.32 bits per heavy atom. The molecular formula is C23H29N3O5. The molecule has 0 saturated heterocycles. The molecule has 0 aliphatic carbocycles. The first kappa shape index (κ1) is 23.7. The van der Waals surface area contributed by atoms with E-state index < -0.39 is 11.7 Å². The van der Waals surface area contributed by atoms with Gasteiger partial charge in [-0.15, -0.1) is 0 Å². The number of aryl methyl sites for hydroxylation is 1. The predicted octanol–water partition coefficient (Wildman–Crippen LogP) is 3.15. The molecule has 0 aliphatic rings. The minimum atomic E-state index is -0.653. The van der Waals surface area contributed by atoms with Gasteiger partial charge in [-0.1, -0.05) is 29.8 Å². The van der Waals surface area contributed by atoms with Crippen molar-refractivity contribution in [2.24, 2.45) is 0 Å². The van der Waals surface area contributed by atoms with Crippen molar-refractivity contribution in [1.82, 2.24) is 10.6 Å². The Balaban J connectivity index is 1.75. The van der Waals surface area contributed by atoms with Crippen LogP contribution in [0.1, 0.15) is 31.9 Å². The largest absolute Gasteiger partial charge is 0.484 e. The highest BCUT2D eigenvalue weighted by atomic mass is 16.6. The van der Waals surface area contributed by atoms with Crippen LogP contribution in [0.15, 0.2) is 48.5 Å². The predicted molar refractivity (Wildman–Crippen MR) is 118 cm³/mol. The fraction of sp³-hybridized carbons (Fsp3) is 0.348. The number of nitrogens with one attached hydrogen (secondary N) is 3. The Kier molecular flexibility index (Phi) is 8.43. The monoisotopic (exact) mass is 427 g/mol. The molecule has 2 rings (SSSR count). The van der Waals surface area contributed by atoms with Crippen molar-refractivity contribution in [2.75, 3.05) is 18.5 Å². The lowest BCUT2D eigenvalue weighted by molar-refractivity contribution is -0.120. The molecule has 0 heterocycles. The molecule has 2 aromatic rings. The molecule has 8 nitrogen and oxygen atoms in total.